The molecule has 0 bridgehead atoms. The Balaban J connectivity index is 1.91. The van der Waals surface area contributed by atoms with Crippen molar-refractivity contribution >= 4 is 11.7 Å². The van der Waals surface area contributed by atoms with Gasteiger partial charge in [-0.05, 0) is 30.7 Å². The fourth-order valence-electron chi connectivity index (χ4n) is 1.90. The summed E-state index contributed by atoms with van der Waals surface area (Å²) in [7, 11) is 1.38. The van der Waals surface area contributed by atoms with E-state index in [9.17, 15) is 4.79 Å². The molecule has 0 radical (unpaired) electrons. The van der Waals surface area contributed by atoms with Crippen molar-refractivity contribution in [3.8, 4) is 0 Å². The molecule has 1 aromatic heterocycles. The predicted octanol–water partition coefficient (Wildman–Crippen LogP) is 2.69. The first kappa shape index (κ1) is 14.1. The van der Waals surface area contributed by atoms with E-state index >= 15 is 0 Å². The standard InChI is InChI=1S/C15H19N3O2/c1-3-8-18-11-12(10-17-18)9-16-14-6-4-13(5-7-14)15(19)20-2/h4-7,10-11,16H,3,8-9H2,1-2H3. The van der Waals surface area contributed by atoms with E-state index in [1.807, 2.05) is 29.2 Å². The maximum atomic E-state index is 11.3. The minimum Gasteiger partial charge on any atom is -0.465 e. The highest BCUT2D eigenvalue weighted by molar-refractivity contribution is 5.89. The summed E-state index contributed by atoms with van der Waals surface area (Å²) in [6.45, 7) is 3.78. The average molecular weight is 273 g/mol. The summed E-state index contributed by atoms with van der Waals surface area (Å²) in [6, 6.07) is 7.22. The van der Waals surface area contributed by atoms with Crippen LogP contribution in [0.5, 0.6) is 0 Å². The number of methoxy groups -OCH3 is 1. The topological polar surface area (TPSA) is 56.2 Å². The summed E-state index contributed by atoms with van der Waals surface area (Å²) in [4.78, 5) is 11.3. The summed E-state index contributed by atoms with van der Waals surface area (Å²) >= 11 is 0. The summed E-state index contributed by atoms with van der Waals surface area (Å²) in [6.07, 6.45) is 4.98. The van der Waals surface area contributed by atoms with Crippen LogP contribution >= 0.6 is 0 Å². The van der Waals surface area contributed by atoms with E-state index in [1.54, 1.807) is 12.1 Å². The molecule has 2 rings (SSSR count). The number of anilines is 1. The minimum atomic E-state index is -0.322. The monoisotopic (exact) mass is 273 g/mol. The van der Waals surface area contributed by atoms with Crippen LogP contribution in [0.3, 0.4) is 0 Å². The molecule has 0 saturated carbocycles. The van der Waals surface area contributed by atoms with Gasteiger partial charge in [0.1, 0.15) is 0 Å². The third-order valence-corrected chi connectivity index (χ3v) is 2.94. The fraction of sp³-hybridized carbons (Fsp3) is 0.333. The van der Waals surface area contributed by atoms with E-state index in [4.69, 9.17) is 0 Å². The van der Waals surface area contributed by atoms with Crippen LogP contribution in [0.25, 0.3) is 0 Å². The first-order chi connectivity index (χ1) is 9.72. The van der Waals surface area contributed by atoms with Crippen LogP contribution in [0.15, 0.2) is 36.7 Å². The number of carbonyl (C=O) groups is 1. The van der Waals surface area contributed by atoms with E-state index in [0.29, 0.717) is 12.1 Å². The van der Waals surface area contributed by atoms with Gasteiger partial charge in [-0.1, -0.05) is 6.92 Å². The summed E-state index contributed by atoms with van der Waals surface area (Å²) in [5, 5.41) is 7.58. The van der Waals surface area contributed by atoms with Gasteiger partial charge in [0.2, 0.25) is 0 Å². The zero-order valence-corrected chi connectivity index (χ0v) is 11.8. The highest BCUT2D eigenvalue weighted by atomic mass is 16.5. The maximum Gasteiger partial charge on any atom is 0.337 e. The lowest BCUT2D eigenvalue weighted by atomic mass is 10.2. The Hall–Kier alpha value is -2.30. The van der Waals surface area contributed by atoms with Crippen LogP contribution in [0.2, 0.25) is 0 Å². The molecule has 5 heteroatoms. The largest absolute Gasteiger partial charge is 0.465 e. The van der Waals surface area contributed by atoms with Crippen molar-refractivity contribution in [2.45, 2.75) is 26.4 Å². The van der Waals surface area contributed by atoms with Crippen LogP contribution in [0.4, 0.5) is 5.69 Å². The molecule has 5 nitrogen and oxygen atoms in total. The lowest BCUT2D eigenvalue weighted by Gasteiger charge is -2.05. The fourth-order valence-corrected chi connectivity index (χ4v) is 1.90. The smallest absolute Gasteiger partial charge is 0.337 e. The summed E-state index contributed by atoms with van der Waals surface area (Å²) in [5.74, 6) is -0.322. The Labute approximate surface area is 118 Å². The van der Waals surface area contributed by atoms with Gasteiger partial charge >= 0.3 is 5.97 Å². The average Bonchev–Trinajstić information content (AvgIpc) is 2.93. The number of hydrogen-bond acceptors (Lipinski definition) is 4. The quantitative estimate of drug-likeness (QED) is 0.822. The van der Waals surface area contributed by atoms with Crippen LogP contribution in [0.1, 0.15) is 29.3 Å². The van der Waals surface area contributed by atoms with Gasteiger partial charge in [0.25, 0.3) is 0 Å². The highest BCUT2D eigenvalue weighted by Crippen LogP contribution is 2.12. The molecule has 0 unspecified atom stereocenters. The molecule has 1 heterocycles. The van der Waals surface area contributed by atoms with Crippen molar-refractivity contribution in [3.05, 3.63) is 47.8 Å². The van der Waals surface area contributed by atoms with Crippen molar-refractivity contribution in [2.75, 3.05) is 12.4 Å². The molecule has 0 aliphatic carbocycles. The van der Waals surface area contributed by atoms with E-state index in [2.05, 4.69) is 22.1 Å². The van der Waals surface area contributed by atoms with Crippen LogP contribution < -0.4 is 5.32 Å². The number of rotatable bonds is 6. The molecular formula is C15H19N3O2. The van der Waals surface area contributed by atoms with Crippen LogP contribution in [0, 0.1) is 0 Å². The SMILES string of the molecule is CCCn1cc(CNc2ccc(C(=O)OC)cc2)cn1. The Morgan fingerprint density at radius 1 is 1.35 bits per heavy atom. The molecule has 1 N–H and O–H groups in total. The predicted molar refractivity (Wildman–Crippen MR) is 77.6 cm³/mol. The van der Waals surface area contributed by atoms with Crippen molar-refractivity contribution < 1.29 is 9.53 Å². The number of carbonyl (C=O) groups excluding carboxylic acids is 1. The van der Waals surface area contributed by atoms with Gasteiger partial charge in [-0.3, -0.25) is 4.68 Å². The van der Waals surface area contributed by atoms with Gasteiger partial charge in [0.15, 0.2) is 0 Å². The normalized spacial score (nSPS) is 10.3. The second-order valence-corrected chi connectivity index (χ2v) is 4.53. The lowest BCUT2D eigenvalue weighted by Crippen LogP contribution is -2.02. The number of nitrogens with zero attached hydrogens (tertiary/aromatic N) is 2. The Kier molecular flexibility index (Phi) is 4.76. The van der Waals surface area contributed by atoms with Gasteiger partial charge in [0.05, 0.1) is 18.9 Å². The summed E-state index contributed by atoms with van der Waals surface area (Å²) in [5.41, 5.74) is 2.64. The van der Waals surface area contributed by atoms with Crippen LogP contribution in [-0.2, 0) is 17.8 Å². The van der Waals surface area contributed by atoms with Gasteiger partial charge in [-0.2, -0.15) is 5.10 Å². The number of hydrogen-bond donors (Lipinski definition) is 1. The molecule has 0 aliphatic rings. The number of nitrogens with one attached hydrogen (secondary N) is 1. The lowest BCUT2D eigenvalue weighted by molar-refractivity contribution is 0.0601. The van der Waals surface area contributed by atoms with Crippen molar-refractivity contribution in [2.24, 2.45) is 0 Å². The zero-order valence-electron chi connectivity index (χ0n) is 11.8. The molecular weight excluding hydrogens is 254 g/mol. The number of benzene rings is 1. The zero-order chi connectivity index (χ0) is 14.4. The minimum absolute atomic E-state index is 0.322. The summed E-state index contributed by atoms with van der Waals surface area (Å²) < 4.78 is 6.60. The maximum absolute atomic E-state index is 11.3. The first-order valence-electron chi connectivity index (χ1n) is 6.66. The Bertz CT molecular complexity index is 561. The molecule has 0 atom stereocenters. The second kappa shape index (κ2) is 6.75. The highest BCUT2D eigenvalue weighted by Gasteiger charge is 2.04. The third-order valence-electron chi connectivity index (χ3n) is 2.94. The van der Waals surface area contributed by atoms with E-state index in [-0.39, 0.29) is 5.97 Å². The number of ether oxygens (including phenoxy) is 1. The molecule has 0 spiro atoms. The molecule has 106 valence electrons. The van der Waals surface area contributed by atoms with Crippen molar-refractivity contribution in [1.82, 2.24) is 9.78 Å². The van der Waals surface area contributed by atoms with Gasteiger partial charge in [-0.25, -0.2) is 4.79 Å². The van der Waals surface area contributed by atoms with Crippen LogP contribution in [-0.4, -0.2) is 22.9 Å². The van der Waals surface area contributed by atoms with Crippen molar-refractivity contribution in [1.29, 1.82) is 0 Å². The molecule has 20 heavy (non-hydrogen) atoms. The second-order valence-electron chi connectivity index (χ2n) is 4.53. The van der Waals surface area contributed by atoms with E-state index in [1.165, 1.54) is 7.11 Å². The van der Waals surface area contributed by atoms with Gasteiger partial charge < -0.3 is 10.1 Å². The Morgan fingerprint density at radius 2 is 2.10 bits per heavy atom. The van der Waals surface area contributed by atoms with E-state index < -0.39 is 0 Å². The molecule has 2 aromatic rings. The van der Waals surface area contributed by atoms with Gasteiger partial charge in [-0.15, -0.1) is 0 Å². The van der Waals surface area contributed by atoms with Crippen molar-refractivity contribution in [3.63, 3.8) is 0 Å². The number of esters is 1. The molecule has 1 aromatic carbocycles. The first-order valence-corrected chi connectivity index (χ1v) is 6.66. The number of aromatic nitrogens is 2. The molecule has 0 fully saturated rings. The number of aryl methyl sites for hydroxylation is 1. The van der Waals surface area contributed by atoms with Gasteiger partial charge in [0, 0.05) is 30.5 Å². The van der Waals surface area contributed by atoms with E-state index in [0.717, 1.165) is 24.2 Å². The Morgan fingerprint density at radius 3 is 2.75 bits per heavy atom. The third kappa shape index (κ3) is 3.60. The molecule has 0 saturated heterocycles. The molecule has 0 aliphatic heterocycles. The molecule has 0 amide bonds.